The largest absolute Gasteiger partial charge is 0.444 e. The van der Waals surface area contributed by atoms with Gasteiger partial charge in [-0.15, -0.1) is 11.3 Å². The molecule has 2 N–H and O–H groups in total. The lowest BCUT2D eigenvalue weighted by atomic mass is 10.2. The molecule has 0 bridgehead atoms. The number of hydrogen-bond acceptors (Lipinski definition) is 5. The van der Waals surface area contributed by atoms with Gasteiger partial charge in [-0.1, -0.05) is 0 Å². The number of aromatic nitrogens is 1. The Labute approximate surface area is 129 Å². The van der Waals surface area contributed by atoms with E-state index in [1.165, 1.54) is 11.3 Å². The molecule has 2 amide bonds. The second-order valence-corrected chi connectivity index (χ2v) is 7.09. The highest BCUT2D eigenvalue weighted by molar-refractivity contribution is 7.13. The smallest absolute Gasteiger partial charge is 0.408 e. The predicted octanol–water partition coefficient (Wildman–Crippen LogP) is 2.61. The number of aryl methyl sites for hydroxylation is 1. The van der Waals surface area contributed by atoms with Crippen molar-refractivity contribution in [1.82, 2.24) is 15.6 Å². The molecule has 0 radical (unpaired) electrons. The van der Waals surface area contributed by atoms with Crippen LogP contribution >= 0.6 is 11.3 Å². The summed E-state index contributed by atoms with van der Waals surface area (Å²) in [5, 5.41) is 6.13. The molecular formula is C14H23N3O3S. The average Bonchev–Trinajstić information content (AvgIpc) is 2.65. The van der Waals surface area contributed by atoms with Crippen LogP contribution in [0.3, 0.4) is 0 Å². The Morgan fingerprint density at radius 1 is 1.33 bits per heavy atom. The van der Waals surface area contributed by atoms with Crippen LogP contribution in [0.4, 0.5) is 4.79 Å². The number of nitrogens with one attached hydrogen (secondary N) is 2. The highest BCUT2D eigenvalue weighted by Crippen LogP contribution is 2.18. The Morgan fingerprint density at radius 3 is 2.48 bits per heavy atom. The average molecular weight is 313 g/mol. The monoisotopic (exact) mass is 313 g/mol. The first-order valence-electron chi connectivity index (χ1n) is 6.82. The van der Waals surface area contributed by atoms with Crippen molar-refractivity contribution in [3.8, 4) is 0 Å². The second kappa shape index (κ2) is 6.89. The van der Waals surface area contributed by atoms with Crippen LogP contribution in [-0.2, 0) is 11.3 Å². The summed E-state index contributed by atoms with van der Waals surface area (Å²) in [6.45, 7) is 11.2. The van der Waals surface area contributed by atoms with Crippen molar-refractivity contribution in [3.63, 3.8) is 0 Å². The molecule has 1 heterocycles. The summed E-state index contributed by atoms with van der Waals surface area (Å²) >= 11 is 1.28. The second-order valence-electron chi connectivity index (χ2n) is 6.01. The molecule has 1 aromatic rings. The van der Waals surface area contributed by atoms with Gasteiger partial charge >= 0.3 is 6.09 Å². The molecule has 0 aliphatic heterocycles. The van der Waals surface area contributed by atoms with Gasteiger partial charge in [0.1, 0.15) is 15.5 Å². The van der Waals surface area contributed by atoms with E-state index in [0.29, 0.717) is 15.6 Å². The van der Waals surface area contributed by atoms with Crippen molar-refractivity contribution in [2.24, 2.45) is 0 Å². The maximum atomic E-state index is 12.0. The maximum absolute atomic E-state index is 12.0. The normalized spacial score (nSPS) is 11.4. The zero-order chi connectivity index (χ0) is 16.2. The van der Waals surface area contributed by atoms with Crippen LogP contribution in [0.5, 0.6) is 0 Å². The summed E-state index contributed by atoms with van der Waals surface area (Å²) in [7, 11) is 0. The van der Waals surface area contributed by atoms with Crippen molar-refractivity contribution in [1.29, 1.82) is 0 Å². The van der Waals surface area contributed by atoms with E-state index in [0.717, 1.165) is 0 Å². The summed E-state index contributed by atoms with van der Waals surface area (Å²) in [4.78, 5) is 28.4. The van der Waals surface area contributed by atoms with Crippen molar-refractivity contribution in [3.05, 3.63) is 15.6 Å². The molecule has 0 fully saturated rings. The van der Waals surface area contributed by atoms with Crippen LogP contribution < -0.4 is 10.6 Å². The molecule has 0 spiro atoms. The number of ether oxygens (including phenoxy) is 1. The van der Waals surface area contributed by atoms with Gasteiger partial charge in [0.25, 0.3) is 5.91 Å². The van der Waals surface area contributed by atoms with Gasteiger partial charge in [0, 0.05) is 6.04 Å². The highest BCUT2D eigenvalue weighted by Gasteiger charge is 2.18. The third kappa shape index (κ3) is 6.12. The minimum absolute atomic E-state index is 0.0716. The van der Waals surface area contributed by atoms with Gasteiger partial charge in [0.05, 0.1) is 12.2 Å². The number of rotatable bonds is 4. The summed E-state index contributed by atoms with van der Waals surface area (Å²) in [6.07, 6.45) is -0.497. The van der Waals surface area contributed by atoms with Crippen LogP contribution in [0.1, 0.15) is 55.0 Å². The fourth-order valence-corrected chi connectivity index (χ4v) is 2.44. The molecule has 118 valence electrons. The number of carbonyl (C=O) groups excluding carboxylic acids is 2. The number of carbonyl (C=O) groups is 2. The van der Waals surface area contributed by atoms with Gasteiger partial charge < -0.3 is 15.4 Å². The SMILES string of the molecule is Cc1nc(CNC(=O)OC(C)(C)C)sc1C(=O)NC(C)C. The van der Waals surface area contributed by atoms with E-state index >= 15 is 0 Å². The van der Waals surface area contributed by atoms with Gasteiger partial charge in [0.2, 0.25) is 0 Å². The molecule has 0 aliphatic carbocycles. The van der Waals surface area contributed by atoms with Crippen molar-refractivity contribution >= 4 is 23.3 Å². The van der Waals surface area contributed by atoms with Gasteiger partial charge in [-0.2, -0.15) is 0 Å². The first-order valence-corrected chi connectivity index (χ1v) is 7.64. The van der Waals surface area contributed by atoms with E-state index in [-0.39, 0.29) is 18.5 Å². The number of amides is 2. The molecule has 0 saturated heterocycles. The lowest BCUT2D eigenvalue weighted by Crippen LogP contribution is -2.32. The number of nitrogens with zero attached hydrogens (tertiary/aromatic N) is 1. The number of alkyl carbamates (subject to hydrolysis) is 1. The molecule has 7 heteroatoms. The summed E-state index contributed by atoms with van der Waals surface area (Å²) in [6, 6.07) is 0.0716. The first-order chi connectivity index (χ1) is 9.58. The Bertz CT molecular complexity index is 518. The van der Waals surface area contributed by atoms with E-state index in [4.69, 9.17) is 4.74 Å². The zero-order valence-electron chi connectivity index (χ0n) is 13.4. The third-order valence-corrected chi connectivity index (χ3v) is 3.41. The zero-order valence-corrected chi connectivity index (χ0v) is 14.2. The van der Waals surface area contributed by atoms with Crippen LogP contribution in [0, 0.1) is 6.92 Å². The molecule has 0 unspecified atom stereocenters. The molecule has 0 atom stereocenters. The van der Waals surface area contributed by atoms with Gasteiger partial charge in [-0.05, 0) is 41.5 Å². The highest BCUT2D eigenvalue weighted by atomic mass is 32.1. The predicted molar refractivity (Wildman–Crippen MR) is 82.5 cm³/mol. The van der Waals surface area contributed by atoms with Gasteiger partial charge in [-0.3, -0.25) is 4.79 Å². The van der Waals surface area contributed by atoms with Crippen LogP contribution in [0.15, 0.2) is 0 Å². The quantitative estimate of drug-likeness (QED) is 0.895. The van der Waals surface area contributed by atoms with Crippen molar-refractivity contribution in [2.75, 3.05) is 0 Å². The standard InChI is InChI=1S/C14H23N3O3S/c1-8(2)16-12(18)11-9(3)17-10(21-11)7-15-13(19)20-14(4,5)6/h8H,7H2,1-6H3,(H,15,19)(H,16,18). The fourth-order valence-electron chi connectivity index (χ4n) is 1.53. The molecule has 1 aromatic heterocycles. The fraction of sp³-hybridized carbons (Fsp3) is 0.643. The molecule has 0 aromatic carbocycles. The first kappa shape index (κ1) is 17.4. The maximum Gasteiger partial charge on any atom is 0.408 e. The molecule has 0 aliphatic rings. The van der Waals surface area contributed by atoms with E-state index in [9.17, 15) is 9.59 Å². The third-order valence-electron chi connectivity index (χ3n) is 2.25. The van der Waals surface area contributed by atoms with E-state index in [1.54, 1.807) is 27.7 Å². The number of thiazole rings is 1. The van der Waals surface area contributed by atoms with Crippen LogP contribution in [-0.4, -0.2) is 28.6 Å². The Balaban J connectivity index is 2.62. The molecule has 0 saturated carbocycles. The van der Waals surface area contributed by atoms with Crippen LogP contribution in [0.25, 0.3) is 0 Å². The summed E-state index contributed by atoms with van der Waals surface area (Å²) in [5.41, 5.74) is 0.129. The van der Waals surface area contributed by atoms with E-state index in [1.807, 2.05) is 13.8 Å². The van der Waals surface area contributed by atoms with E-state index < -0.39 is 11.7 Å². The molecular weight excluding hydrogens is 290 g/mol. The van der Waals surface area contributed by atoms with Crippen LogP contribution in [0.2, 0.25) is 0 Å². The summed E-state index contributed by atoms with van der Waals surface area (Å²) < 4.78 is 5.14. The minimum Gasteiger partial charge on any atom is -0.444 e. The van der Waals surface area contributed by atoms with Gasteiger partial charge in [-0.25, -0.2) is 9.78 Å². The summed E-state index contributed by atoms with van der Waals surface area (Å²) in [5.74, 6) is -0.136. The minimum atomic E-state index is -0.537. The lowest BCUT2D eigenvalue weighted by molar-refractivity contribution is 0.0523. The molecule has 1 rings (SSSR count). The molecule has 6 nitrogen and oxygen atoms in total. The Hall–Kier alpha value is -1.63. The lowest BCUT2D eigenvalue weighted by Gasteiger charge is -2.19. The van der Waals surface area contributed by atoms with Crippen molar-refractivity contribution in [2.45, 2.75) is 59.7 Å². The Morgan fingerprint density at radius 2 is 1.95 bits per heavy atom. The number of hydrogen-bond donors (Lipinski definition) is 2. The van der Waals surface area contributed by atoms with Gasteiger partial charge in [0.15, 0.2) is 0 Å². The van der Waals surface area contributed by atoms with Crippen molar-refractivity contribution < 1.29 is 14.3 Å². The molecule has 21 heavy (non-hydrogen) atoms. The topological polar surface area (TPSA) is 80.3 Å². The Kier molecular flexibility index (Phi) is 5.71. The van der Waals surface area contributed by atoms with E-state index in [2.05, 4.69) is 15.6 Å².